The van der Waals surface area contributed by atoms with Crippen LogP contribution in [0.3, 0.4) is 0 Å². The molecule has 6 heteroatoms. The number of nitrogens with zero attached hydrogens (tertiary/aromatic N) is 4. The number of benzene rings is 1. The minimum absolute atomic E-state index is 0.174. The Hall–Kier alpha value is -1.71. The maximum absolute atomic E-state index is 8.79. The van der Waals surface area contributed by atoms with Gasteiger partial charge in [0.2, 0.25) is 0 Å². The van der Waals surface area contributed by atoms with Crippen LogP contribution in [0.4, 0.5) is 0 Å². The van der Waals surface area contributed by atoms with E-state index < -0.39 is 0 Å². The smallest absolute Gasteiger partial charge is 0.252 e. The number of aromatic nitrogens is 3. The van der Waals surface area contributed by atoms with Crippen molar-refractivity contribution >= 4 is 15.9 Å². The van der Waals surface area contributed by atoms with E-state index in [2.05, 4.69) is 38.3 Å². The summed E-state index contributed by atoms with van der Waals surface area (Å²) in [5.41, 5.74) is 2.04. The predicted molar refractivity (Wildman–Crippen MR) is 75.8 cm³/mol. The molecule has 5 nitrogen and oxygen atoms in total. The number of halogens is 1. The molecule has 0 atom stereocenters. The van der Waals surface area contributed by atoms with Crippen LogP contribution in [0.15, 0.2) is 29.0 Å². The zero-order chi connectivity index (χ0) is 13.7. The highest BCUT2D eigenvalue weighted by Gasteiger charge is 2.08. The monoisotopic (exact) mass is 319 g/mol. The first-order chi connectivity index (χ1) is 9.24. The lowest BCUT2D eigenvalue weighted by Gasteiger charge is -2.10. The van der Waals surface area contributed by atoms with Crippen molar-refractivity contribution in [2.24, 2.45) is 0 Å². The van der Waals surface area contributed by atoms with E-state index in [1.54, 1.807) is 11.0 Å². The largest absolute Gasteiger partial charge is 0.313 e. The Bertz CT molecular complexity index is 599. The number of nitriles is 1. The molecule has 0 fully saturated rings. The zero-order valence-corrected chi connectivity index (χ0v) is 12.2. The van der Waals surface area contributed by atoms with Crippen molar-refractivity contribution < 1.29 is 0 Å². The highest BCUT2D eigenvalue weighted by molar-refractivity contribution is 9.10. The third kappa shape index (κ3) is 3.40. The Kier molecular flexibility index (Phi) is 4.66. The van der Waals surface area contributed by atoms with Crippen molar-refractivity contribution in [3.05, 3.63) is 40.4 Å². The Balaban J connectivity index is 2.31. The second-order valence-electron chi connectivity index (χ2n) is 4.07. The Labute approximate surface area is 120 Å². The molecule has 0 unspecified atom stereocenters. The van der Waals surface area contributed by atoms with Gasteiger partial charge in [0.1, 0.15) is 12.4 Å². The number of nitrogens with one attached hydrogen (secondary N) is 1. The van der Waals surface area contributed by atoms with Gasteiger partial charge in [-0.25, -0.2) is 9.67 Å². The van der Waals surface area contributed by atoms with E-state index in [4.69, 9.17) is 5.26 Å². The summed E-state index contributed by atoms with van der Waals surface area (Å²) < 4.78 is 2.60. The fourth-order valence-corrected chi connectivity index (χ4v) is 2.08. The van der Waals surface area contributed by atoms with Crippen LogP contribution in [0.5, 0.6) is 0 Å². The van der Waals surface area contributed by atoms with E-state index in [1.807, 2.05) is 24.3 Å². The topological polar surface area (TPSA) is 66.5 Å². The van der Waals surface area contributed by atoms with Gasteiger partial charge in [-0.05, 0) is 30.7 Å². The highest BCUT2D eigenvalue weighted by atomic mass is 79.9. The van der Waals surface area contributed by atoms with Gasteiger partial charge in [0.15, 0.2) is 0 Å². The van der Waals surface area contributed by atoms with E-state index in [0.29, 0.717) is 0 Å². The molecule has 1 aromatic carbocycles. The van der Waals surface area contributed by atoms with Gasteiger partial charge in [0.25, 0.3) is 5.82 Å². The predicted octanol–water partition coefficient (Wildman–Crippen LogP) is 2.40. The Morgan fingerprint density at radius 3 is 3.00 bits per heavy atom. The van der Waals surface area contributed by atoms with Crippen molar-refractivity contribution in [1.82, 2.24) is 20.1 Å². The summed E-state index contributed by atoms with van der Waals surface area (Å²) in [6.45, 7) is 3.86. The minimum Gasteiger partial charge on any atom is -0.313 e. The second kappa shape index (κ2) is 6.45. The van der Waals surface area contributed by atoms with Gasteiger partial charge in [0.05, 0.1) is 5.69 Å². The van der Waals surface area contributed by atoms with Crippen LogP contribution in [0, 0.1) is 11.3 Å². The fourth-order valence-electron chi connectivity index (χ4n) is 1.73. The molecule has 0 bridgehead atoms. The van der Waals surface area contributed by atoms with Gasteiger partial charge < -0.3 is 5.32 Å². The van der Waals surface area contributed by atoms with Crippen LogP contribution >= 0.6 is 15.9 Å². The van der Waals surface area contributed by atoms with Crippen molar-refractivity contribution in [2.75, 3.05) is 6.54 Å². The normalized spacial score (nSPS) is 10.4. The van der Waals surface area contributed by atoms with Crippen LogP contribution in [-0.4, -0.2) is 21.3 Å². The zero-order valence-electron chi connectivity index (χ0n) is 10.6. The first kappa shape index (κ1) is 13.7. The van der Waals surface area contributed by atoms with Crippen molar-refractivity contribution in [2.45, 2.75) is 19.9 Å². The van der Waals surface area contributed by atoms with Gasteiger partial charge in [-0.15, -0.1) is 5.10 Å². The first-order valence-corrected chi connectivity index (χ1v) is 6.85. The molecule has 2 aromatic rings. The van der Waals surface area contributed by atoms with E-state index >= 15 is 0 Å². The molecule has 0 aliphatic carbocycles. The molecule has 0 amide bonds. The molecule has 1 heterocycles. The summed E-state index contributed by atoms with van der Waals surface area (Å²) in [5, 5.41) is 16.3. The minimum atomic E-state index is 0.174. The third-order valence-corrected chi connectivity index (χ3v) is 3.12. The molecular formula is C13H14BrN5. The maximum Gasteiger partial charge on any atom is 0.252 e. The maximum atomic E-state index is 8.79. The SMILES string of the molecule is CCCNCc1ccc(Br)cc1-n1cnc(C#N)n1. The Morgan fingerprint density at radius 2 is 2.32 bits per heavy atom. The standard InChI is InChI=1S/C13H14BrN5/c1-2-5-16-8-10-3-4-11(14)6-12(10)19-9-17-13(7-15)18-19/h3-4,6,9,16H,2,5,8H2,1H3. The molecule has 0 saturated carbocycles. The van der Waals surface area contributed by atoms with Gasteiger partial charge in [-0.3, -0.25) is 0 Å². The summed E-state index contributed by atoms with van der Waals surface area (Å²) >= 11 is 3.45. The summed E-state index contributed by atoms with van der Waals surface area (Å²) in [4.78, 5) is 3.93. The van der Waals surface area contributed by atoms with Crippen molar-refractivity contribution in [3.63, 3.8) is 0 Å². The summed E-state index contributed by atoms with van der Waals surface area (Å²) in [6, 6.07) is 7.94. The lowest BCUT2D eigenvalue weighted by Crippen LogP contribution is -2.15. The average Bonchev–Trinajstić information content (AvgIpc) is 2.89. The number of hydrogen-bond donors (Lipinski definition) is 1. The van der Waals surface area contributed by atoms with Crippen LogP contribution in [-0.2, 0) is 6.54 Å². The van der Waals surface area contributed by atoms with Crippen LogP contribution in [0.1, 0.15) is 24.7 Å². The lowest BCUT2D eigenvalue weighted by molar-refractivity contribution is 0.670. The van der Waals surface area contributed by atoms with Gasteiger partial charge in [0, 0.05) is 11.0 Å². The van der Waals surface area contributed by atoms with Gasteiger partial charge in [-0.2, -0.15) is 5.26 Å². The van der Waals surface area contributed by atoms with Crippen molar-refractivity contribution in [1.29, 1.82) is 5.26 Å². The van der Waals surface area contributed by atoms with Crippen molar-refractivity contribution in [3.8, 4) is 11.8 Å². The molecule has 98 valence electrons. The third-order valence-electron chi connectivity index (χ3n) is 2.63. The molecule has 2 rings (SSSR count). The second-order valence-corrected chi connectivity index (χ2v) is 4.99. The first-order valence-electron chi connectivity index (χ1n) is 6.06. The highest BCUT2D eigenvalue weighted by Crippen LogP contribution is 2.20. The average molecular weight is 320 g/mol. The summed E-state index contributed by atoms with van der Waals surface area (Å²) in [5.74, 6) is 0.174. The molecule has 1 aromatic heterocycles. The summed E-state index contributed by atoms with van der Waals surface area (Å²) in [6.07, 6.45) is 2.65. The number of rotatable bonds is 5. The van der Waals surface area contributed by atoms with Gasteiger partial charge >= 0.3 is 0 Å². The quantitative estimate of drug-likeness (QED) is 0.859. The molecule has 0 saturated heterocycles. The molecule has 0 aliphatic rings. The van der Waals surface area contributed by atoms with E-state index in [1.165, 1.54) is 0 Å². The molecule has 19 heavy (non-hydrogen) atoms. The van der Waals surface area contributed by atoms with E-state index in [0.717, 1.165) is 35.2 Å². The molecule has 0 radical (unpaired) electrons. The Morgan fingerprint density at radius 1 is 1.47 bits per heavy atom. The lowest BCUT2D eigenvalue weighted by atomic mass is 10.2. The molecule has 0 aliphatic heterocycles. The molecule has 0 spiro atoms. The van der Waals surface area contributed by atoms with E-state index in [9.17, 15) is 0 Å². The molecular weight excluding hydrogens is 306 g/mol. The fraction of sp³-hybridized carbons (Fsp3) is 0.308. The van der Waals surface area contributed by atoms with E-state index in [-0.39, 0.29) is 5.82 Å². The van der Waals surface area contributed by atoms with Gasteiger partial charge in [-0.1, -0.05) is 28.9 Å². The van der Waals surface area contributed by atoms with Crippen LogP contribution < -0.4 is 5.32 Å². The molecule has 1 N–H and O–H groups in total. The number of hydrogen-bond acceptors (Lipinski definition) is 4. The van der Waals surface area contributed by atoms with Crippen LogP contribution in [0.25, 0.3) is 5.69 Å². The summed E-state index contributed by atoms with van der Waals surface area (Å²) in [7, 11) is 0. The van der Waals surface area contributed by atoms with Crippen LogP contribution in [0.2, 0.25) is 0 Å².